The van der Waals surface area contributed by atoms with E-state index in [1.165, 1.54) is 0 Å². The zero-order chi connectivity index (χ0) is 14.7. The first-order valence-corrected chi connectivity index (χ1v) is 7.79. The first-order valence-electron chi connectivity index (χ1n) is 6.85. The Morgan fingerprint density at radius 1 is 1.48 bits per heavy atom. The molecule has 3 rings (SSSR count). The maximum Gasteiger partial charge on any atom is 0.227 e. The van der Waals surface area contributed by atoms with E-state index in [9.17, 15) is 4.79 Å². The topological polar surface area (TPSA) is 68.5 Å². The van der Waals surface area contributed by atoms with Crippen LogP contribution in [0.2, 0.25) is 0 Å². The maximum absolute atomic E-state index is 12.3. The van der Waals surface area contributed by atoms with Crippen molar-refractivity contribution in [1.82, 2.24) is 9.88 Å². The van der Waals surface area contributed by atoms with Gasteiger partial charge in [-0.1, -0.05) is 6.07 Å². The number of thiophene rings is 1. The molecule has 0 aromatic carbocycles. The molecule has 0 radical (unpaired) electrons. The van der Waals surface area contributed by atoms with E-state index in [0.717, 1.165) is 11.3 Å². The lowest BCUT2D eigenvalue weighted by Crippen LogP contribution is -2.43. The van der Waals surface area contributed by atoms with Gasteiger partial charge in [0.05, 0.1) is 25.3 Å². The molecule has 6 heteroatoms. The third-order valence-corrected chi connectivity index (χ3v) is 4.21. The molecule has 21 heavy (non-hydrogen) atoms. The van der Waals surface area contributed by atoms with Gasteiger partial charge >= 0.3 is 0 Å². The molecule has 1 aliphatic heterocycles. The SMILES string of the molecule is Nc1cccc([C@@H]2CN(C(=O)Cc3ccsc3)CCO2)n1. The smallest absolute Gasteiger partial charge is 0.227 e. The van der Waals surface area contributed by atoms with Crippen molar-refractivity contribution in [3.63, 3.8) is 0 Å². The van der Waals surface area contributed by atoms with Crippen molar-refractivity contribution in [2.45, 2.75) is 12.5 Å². The molecule has 0 unspecified atom stereocenters. The minimum absolute atomic E-state index is 0.130. The number of hydrogen-bond acceptors (Lipinski definition) is 5. The van der Waals surface area contributed by atoms with Gasteiger partial charge in [-0.2, -0.15) is 11.3 Å². The van der Waals surface area contributed by atoms with Gasteiger partial charge in [-0.25, -0.2) is 4.98 Å². The van der Waals surface area contributed by atoms with Crippen LogP contribution >= 0.6 is 11.3 Å². The number of ether oxygens (including phenoxy) is 1. The van der Waals surface area contributed by atoms with Gasteiger partial charge in [-0.15, -0.1) is 0 Å². The summed E-state index contributed by atoms with van der Waals surface area (Å²) in [5, 5.41) is 4.00. The molecule has 110 valence electrons. The second-order valence-electron chi connectivity index (χ2n) is 4.99. The van der Waals surface area contributed by atoms with Gasteiger partial charge < -0.3 is 15.4 Å². The standard InChI is InChI=1S/C15H17N3O2S/c16-14-3-1-2-12(17-14)13-9-18(5-6-20-13)15(19)8-11-4-7-21-10-11/h1-4,7,10,13H,5-6,8-9H2,(H2,16,17)/t13-/m0/s1. The molecule has 1 aliphatic rings. The lowest BCUT2D eigenvalue weighted by molar-refractivity contribution is -0.138. The predicted molar refractivity (Wildman–Crippen MR) is 81.9 cm³/mol. The van der Waals surface area contributed by atoms with Crippen LogP contribution in [0.4, 0.5) is 5.82 Å². The van der Waals surface area contributed by atoms with Crippen molar-refractivity contribution in [3.05, 3.63) is 46.3 Å². The number of pyridine rings is 1. The van der Waals surface area contributed by atoms with Crippen LogP contribution in [-0.2, 0) is 16.0 Å². The quantitative estimate of drug-likeness (QED) is 0.940. The number of amides is 1. The number of carbonyl (C=O) groups is 1. The number of anilines is 1. The number of morpholine rings is 1. The Morgan fingerprint density at radius 3 is 3.14 bits per heavy atom. The minimum atomic E-state index is -0.200. The summed E-state index contributed by atoms with van der Waals surface area (Å²) in [6.45, 7) is 1.68. The number of nitrogen functional groups attached to an aromatic ring is 1. The molecule has 0 bridgehead atoms. The normalized spacial score (nSPS) is 18.7. The molecular formula is C15H17N3O2S. The van der Waals surface area contributed by atoms with E-state index in [1.807, 2.05) is 33.9 Å². The fraction of sp³-hybridized carbons (Fsp3) is 0.333. The Morgan fingerprint density at radius 2 is 2.38 bits per heavy atom. The van der Waals surface area contributed by atoms with Crippen molar-refractivity contribution >= 4 is 23.1 Å². The summed E-state index contributed by atoms with van der Waals surface area (Å²) in [4.78, 5) is 18.5. The highest BCUT2D eigenvalue weighted by Gasteiger charge is 2.26. The summed E-state index contributed by atoms with van der Waals surface area (Å²) in [6, 6.07) is 7.47. The third kappa shape index (κ3) is 3.40. The van der Waals surface area contributed by atoms with Gasteiger partial charge in [0.2, 0.25) is 5.91 Å². The van der Waals surface area contributed by atoms with Crippen LogP contribution in [0.25, 0.3) is 0 Å². The summed E-state index contributed by atoms with van der Waals surface area (Å²) in [5.41, 5.74) is 7.55. The van der Waals surface area contributed by atoms with Crippen LogP contribution in [0.1, 0.15) is 17.4 Å². The molecule has 2 aromatic rings. The highest BCUT2D eigenvalue weighted by Crippen LogP contribution is 2.22. The van der Waals surface area contributed by atoms with Crippen molar-refractivity contribution in [3.8, 4) is 0 Å². The zero-order valence-corrected chi connectivity index (χ0v) is 12.4. The summed E-state index contributed by atoms with van der Waals surface area (Å²) >= 11 is 1.61. The lowest BCUT2D eigenvalue weighted by Gasteiger charge is -2.32. The molecule has 0 spiro atoms. The average molecular weight is 303 g/mol. The number of nitrogens with zero attached hydrogens (tertiary/aromatic N) is 2. The van der Waals surface area contributed by atoms with Crippen molar-refractivity contribution < 1.29 is 9.53 Å². The molecule has 1 fully saturated rings. The molecule has 2 aromatic heterocycles. The second kappa shape index (κ2) is 6.24. The van der Waals surface area contributed by atoms with Gasteiger partial charge in [0.25, 0.3) is 0 Å². The van der Waals surface area contributed by atoms with Gasteiger partial charge in [0, 0.05) is 6.54 Å². The van der Waals surface area contributed by atoms with Crippen LogP contribution < -0.4 is 5.73 Å². The first-order chi connectivity index (χ1) is 10.2. The summed E-state index contributed by atoms with van der Waals surface area (Å²) in [6.07, 6.45) is 0.245. The van der Waals surface area contributed by atoms with Gasteiger partial charge in [0.1, 0.15) is 11.9 Å². The zero-order valence-electron chi connectivity index (χ0n) is 11.6. The van der Waals surface area contributed by atoms with Crippen LogP contribution in [0.3, 0.4) is 0 Å². The summed E-state index contributed by atoms with van der Waals surface area (Å²) < 4.78 is 5.72. The third-order valence-electron chi connectivity index (χ3n) is 3.48. The minimum Gasteiger partial charge on any atom is -0.384 e. The summed E-state index contributed by atoms with van der Waals surface area (Å²) in [7, 11) is 0. The lowest BCUT2D eigenvalue weighted by atomic mass is 10.1. The van der Waals surface area contributed by atoms with Gasteiger partial charge in [-0.3, -0.25) is 4.79 Å². The molecule has 0 aliphatic carbocycles. The Hall–Kier alpha value is -1.92. The van der Waals surface area contributed by atoms with E-state index in [0.29, 0.717) is 31.9 Å². The molecule has 5 nitrogen and oxygen atoms in total. The van der Waals surface area contributed by atoms with E-state index in [-0.39, 0.29) is 12.0 Å². The Bertz CT molecular complexity index is 615. The monoisotopic (exact) mass is 303 g/mol. The van der Waals surface area contributed by atoms with Gasteiger partial charge in [0.15, 0.2) is 0 Å². The predicted octanol–water partition coefficient (Wildman–Crippen LogP) is 1.87. The van der Waals surface area contributed by atoms with Crippen LogP contribution in [0, 0.1) is 0 Å². The molecule has 1 atom stereocenters. The molecular weight excluding hydrogens is 286 g/mol. The fourth-order valence-corrected chi connectivity index (χ4v) is 3.05. The number of rotatable bonds is 3. The molecule has 0 saturated carbocycles. The molecule has 1 saturated heterocycles. The van der Waals surface area contributed by atoms with Gasteiger partial charge in [-0.05, 0) is 34.5 Å². The van der Waals surface area contributed by atoms with Crippen molar-refractivity contribution in [1.29, 1.82) is 0 Å². The average Bonchev–Trinajstić information content (AvgIpc) is 3.00. The number of hydrogen-bond donors (Lipinski definition) is 1. The van der Waals surface area contributed by atoms with Crippen molar-refractivity contribution in [2.75, 3.05) is 25.4 Å². The number of carbonyl (C=O) groups excluding carboxylic acids is 1. The Balaban J connectivity index is 1.66. The van der Waals surface area contributed by atoms with E-state index < -0.39 is 0 Å². The van der Waals surface area contributed by atoms with Crippen LogP contribution in [-0.4, -0.2) is 35.5 Å². The summed E-state index contributed by atoms with van der Waals surface area (Å²) in [5.74, 6) is 0.600. The highest BCUT2D eigenvalue weighted by molar-refractivity contribution is 7.07. The van der Waals surface area contributed by atoms with E-state index in [2.05, 4.69) is 4.98 Å². The van der Waals surface area contributed by atoms with Crippen molar-refractivity contribution in [2.24, 2.45) is 0 Å². The van der Waals surface area contributed by atoms with E-state index >= 15 is 0 Å². The number of aromatic nitrogens is 1. The number of nitrogens with two attached hydrogens (primary N) is 1. The second-order valence-corrected chi connectivity index (χ2v) is 5.77. The Kier molecular flexibility index (Phi) is 4.17. The van der Waals surface area contributed by atoms with E-state index in [4.69, 9.17) is 10.5 Å². The molecule has 1 amide bonds. The maximum atomic E-state index is 12.3. The first kappa shape index (κ1) is 14.0. The highest BCUT2D eigenvalue weighted by atomic mass is 32.1. The molecule has 2 N–H and O–H groups in total. The largest absolute Gasteiger partial charge is 0.384 e. The van der Waals surface area contributed by atoms with Crippen LogP contribution in [0.5, 0.6) is 0 Å². The fourth-order valence-electron chi connectivity index (χ4n) is 2.38. The molecule has 3 heterocycles. The Labute approximate surface area is 127 Å². The van der Waals surface area contributed by atoms with E-state index in [1.54, 1.807) is 17.4 Å². The van der Waals surface area contributed by atoms with Crippen LogP contribution in [0.15, 0.2) is 35.0 Å².